The van der Waals surface area contributed by atoms with Crippen molar-refractivity contribution in [1.82, 2.24) is 14.8 Å². The molecule has 3 fully saturated rings. The first-order valence-corrected chi connectivity index (χ1v) is 8.20. The Hall–Kier alpha value is -1.82. The Kier molecular flexibility index (Phi) is 4.43. The minimum Gasteiger partial charge on any atom is -0.354 e. The third kappa shape index (κ3) is 3.27. The first kappa shape index (κ1) is 16.1. The van der Waals surface area contributed by atoms with Crippen LogP contribution < -0.4 is 4.90 Å². The third-order valence-corrected chi connectivity index (χ3v) is 4.86. The Morgan fingerprint density at radius 2 is 2.13 bits per heavy atom. The lowest BCUT2D eigenvalue weighted by Gasteiger charge is -2.35. The highest BCUT2D eigenvalue weighted by molar-refractivity contribution is 6.30. The molecule has 2 atom stereocenters. The summed E-state index contributed by atoms with van der Waals surface area (Å²) in [5.41, 5.74) is 0. The van der Waals surface area contributed by atoms with Crippen LogP contribution in [0.25, 0.3) is 0 Å². The number of rotatable bonds is 3. The van der Waals surface area contributed by atoms with Gasteiger partial charge in [-0.1, -0.05) is 11.6 Å². The molecule has 7 heteroatoms. The van der Waals surface area contributed by atoms with Crippen LogP contribution in [0.15, 0.2) is 18.3 Å². The molecule has 3 saturated heterocycles. The number of amides is 2. The molecule has 0 saturated carbocycles. The van der Waals surface area contributed by atoms with E-state index in [0.29, 0.717) is 18.1 Å². The number of halogens is 1. The average Bonchev–Trinajstić information content (AvgIpc) is 2.81. The molecule has 0 aromatic carbocycles. The molecule has 0 radical (unpaired) electrons. The molecule has 2 amide bonds. The highest BCUT2D eigenvalue weighted by Crippen LogP contribution is 2.31. The van der Waals surface area contributed by atoms with Gasteiger partial charge in [0.25, 0.3) is 0 Å². The lowest BCUT2D eigenvalue weighted by atomic mass is 9.94. The molecule has 23 heavy (non-hydrogen) atoms. The summed E-state index contributed by atoms with van der Waals surface area (Å²) in [6, 6.07) is 3.75. The van der Waals surface area contributed by atoms with Crippen LogP contribution in [0.3, 0.4) is 0 Å². The van der Waals surface area contributed by atoms with Gasteiger partial charge in [-0.05, 0) is 25.0 Å². The fourth-order valence-corrected chi connectivity index (χ4v) is 3.39. The summed E-state index contributed by atoms with van der Waals surface area (Å²) in [5, 5.41) is 0.598. The van der Waals surface area contributed by atoms with Gasteiger partial charge in [0, 0.05) is 39.4 Å². The third-order valence-electron chi connectivity index (χ3n) is 4.63. The van der Waals surface area contributed by atoms with Crippen LogP contribution >= 0.6 is 11.6 Å². The van der Waals surface area contributed by atoms with Crippen LogP contribution in [-0.4, -0.2) is 66.4 Å². The molecule has 1 aromatic heterocycles. The van der Waals surface area contributed by atoms with E-state index in [1.807, 2.05) is 12.1 Å². The van der Waals surface area contributed by atoms with Crippen molar-refractivity contribution in [2.75, 3.05) is 38.6 Å². The summed E-state index contributed by atoms with van der Waals surface area (Å²) in [7, 11) is 3.43. The number of aromatic nitrogens is 1. The SMILES string of the molecule is CN(C)C(=O)CN1C(=O)[C@H]2CC[C@@H]1CN(c1ccc(Cl)cn1)C2. The molecule has 0 aliphatic carbocycles. The van der Waals surface area contributed by atoms with Crippen molar-refractivity contribution in [3.8, 4) is 0 Å². The molecule has 3 aliphatic heterocycles. The number of hydrogen-bond acceptors (Lipinski definition) is 4. The van der Waals surface area contributed by atoms with Gasteiger partial charge in [-0.25, -0.2) is 4.98 Å². The molecule has 0 unspecified atom stereocenters. The van der Waals surface area contributed by atoms with E-state index in [-0.39, 0.29) is 30.3 Å². The number of carbonyl (C=O) groups is 2. The number of anilines is 1. The highest BCUT2D eigenvalue weighted by Gasteiger charge is 2.41. The van der Waals surface area contributed by atoms with E-state index in [4.69, 9.17) is 11.6 Å². The Morgan fingerprint density at radius 1 is 1.35 bits per heavy atom. The minimum absolute atomic E-state index is 0.0398. The lowest BCUT2D eigenvalue weighted by molar-refractivity contribution is -0.145. The Labute approximate surface area is 141 Å². The summed E-state index contributed by atoms with van der Waals surface area (Å²) in [4.78, 5) is 34.5. The van der Waals surface area contributed by atoms with Gasteiger partial charge in [-0.3, -0.25) is 9.59 Å². The maximum absolute atomic E-state index is 12.7. The molecule has 2 bridgehead atoms. The van der Waals surface area contributed by atoms with Crippen LogP contribution in [0.1, 0.15) is 12.8 Å². The molecule has 4 rings (SSSR count). The fourth-order valence-electron chi connectivity index (χ4n) is 3.28. The van der Waals surface area contributed by atoms with Crippen LogP contribution in [-0.2, 0) is 9.59 Å². The molecular formula is C16H21ClN4O2. The number of likely N-dealkylation sites (N-methyl/N-ethyl adjacent to an activating group) is 1. The van der Waals surface area contributed by atoms with E-state index in [1.165, 1.54) is 4.90 Å². The Balaban J connectivity index is 1.80. The molecule has 3 aliphatic rings. The molecule has 0 spiro atoms. The molecule has 1 aromatic rings. The van der Waals surface area contributed by atoms with Gasteiger partial charge < -0.3 is 14.7 Å². The molecule has 6 nitrogen and oxygen atoms in total. The maximum Gasteiger partial charge on any atom is 0.241 e. The number of hydrogen-bond donors (Lipinski definition) is 0. The van der Waals surface area contributed by atoms with Gasteiger partial charge in [0.2, 0.25) is 11.8 Å². The van der Waals surface area contributed by atoms with Gasteiger partial charge in [0.15, 0.2) is 0 Å². The lowest BCUT2D eigenvalue weighted by Crippen LogP contribution is -2.51. The van der Waals surface area contributed by atoms with Crippen molar-refractivity contribution in [1.29, 1.82) is 0 Å². The van der Waals surface area contributed by atoms with Crippen LogP contribution in [0, 0.1) is 5.92 Å². The van der Waals surface area contributed by atoms with E-state index < -0.39 is 0 Å². The maximum atomic E-state index is 12.7. The first-order chi connectivity index (χ1) is 11.0. The molecule has 124 valence electrons. The smallest absolute Gasteiger partial charge is 0.241 e. The van der Waals surface area contributed by atoms with E-state index >= 15 is 0 Å². The second-order valence-electron chi connectivity index (χ2n) is 6.42. The average molecular weight is 337 g/mol. The summed E-state index contributed by atoms with van der Waals surface area (Å²) in [5.74, 6) is 0.816. The number of piperidine rings is 1. The largest absolute Gasteiger partial charge is 0.354 e. The minimum atomic E-state index is -0.0683. The number of fused-ring (bicyclic) bond motifs is 4. The van der Waals surface area contributed by atoms with Crippen molar-refractivity contribution >= 4 is 29.2 Å². The second kappa shape index (κ2) is 6.35. The van der Waals surface area contributed by atoms with Crippen molar-refractivity contribution in [3.05, 3.63) is 23.4 Å². The van der Waals surface area contributed by atoms with Gasteiger partial charge in [0.05, 0.1) is 10.9 Å². The predicted octanol–water partition coefficient (Wildman–Crippen LogP) is 1.25. The zero-order chi connectivity index (χ0) is 16.6. The summed E-state index contributed by atoms with van der Waals surface area (Å²) < 4.78 is 0. The number of pyridine rings is 1. The van der Waals surface area contributed by atoms with Gasteiger partial charge in [-0.2, -0.15) is 0 Å². The fraction of sp³-hybridized carbons (Fsp3) is 0.562. The second-order valence-corrected chi connectivity index (χ2v) is 6.86. The zero-order valence-corrected chi connectivity index (χ0v) is 14.2. The van der Waals surface area contributed by atoms with Crippen molar-refractivity contribution in [3.63, 3.8) is 0 Å². The van der Waals surface area contributed by atoms with E-state index in [0.717, 1.165) is 18.7 Å². The highest BCUT2D eigenvalue weighted by atomic mass is 35.5. The predicted molar refractivity (Wildman–Crippen MR) is 88.4 cm³/mol. The van der Waals surface area contributed by atoms with E-state index in [9.17, 15) is 9.59 Å². The van der Waals surface area contributed by atoms with Crippen molar-refractivity contribution < 1.29 is 9.59 Å². The monoisotopic (exact) mass is 336 g/mol. The topological polar surface area (TPSA) is 56.8 Å². The van der Waals surface area contributed by atoms with Crippen LogP contribution in [0.5, 0.6) is 0 Å². The quantitative estimate of drug-likeness (QED) is 0.833. The van der Waals surface area contributed by atoms with Crippen molar-refractivity contribution in [2.45, 2.75) is 18.9 Å². The van der Waals surface area contributed by atoms with E-state index in [1.54, 1.807) is 25.2 Å². The van der Waals surface area contributed by atoms with Gasteiger partial charge in [-0.15, -0.1) is 0 Å². The summed E-state index contributed by atoms with van der Waals surface area (Å²) in [6.45, 7) is 1.52. The summed E-state index contributed by atoms with van der Waals surface area (Å²) >= 11 is 5.90. The summed E-state index contributed by atoms with van der Waals surface area (Å²) in [6.07, 6.45) is 3.43. The van der Waals surface area contributed by atoms with Crippen molar-refractivity contribution in [2.24, 2.45) is 5.92 Å². The van der Waals surface area contributed by atoms with Gasteiger partial charge >= 0.3 is 0 Å². The molecular weight excluding hydrogens is 316 g/mol. The van der Waals surface area contributed by atoms with Gasteiger partial charge in [0.1, 0.15) is 12.4 Å². The van der Waals surface area contributed by atoms with Crippen LogP contribution in [0.2, 0.25) is 5.02 Å². The molecule has 0 N–H and O–H groups in total. The molecule has 4 heterocycles. The Bertz CT molecular complexity index is 605. The normalized spacial score (nSPS) is 23.9. The zero-order valence-electron chi connectivity index (χ0n) is 13.4. The Morgan fingerprint density at radius 3 is 2.78 bits per heavy atom. The van der Waals surface area contributed by atoms with E-state index in [2.05, 4.69) is 9.88 Å². The van der Waals surface area contributed by atoms with Crippen LogP contribution in [0.4, 0.5) is 5.82 Å². The first-order valence-electron chi connectivity index (χ1n) is 7.83. The number of nitrogens with zero attached hydrogens (tertiary/aromatic N) is 4. The standard InChI is InChI=1S/C16H21ClN4O2/c1-19(2)15(22)10-21-13-5-3-11(16(21)23)8-20(9-13)14-6-4-12(17)7-18-14/h4,6-7,11,13H,3,5,8-10H2,1-2H3/t11-,13+/m0/s1. The number of carbonyl (C=O) groups excluding carboxylic acids is 2.